The normalized spacial score (nSPS) is 14.3. The summed E-state index contributed by atoms with van der Waals surface area (Å²) in [5.41, 5.74) is 0.780. The quantitative estimate of drug-likeness (QED) is 0.714. The first-order valence-electron chi connectivity index (χ1n) is 8.15. The number of carbonyl (C=O) groups is 1. The number of amides is 1. The zero-order chi connectivity index (χ0) is 17.9. The molecule has 8 nitrogen and oxygen atoms in total. The van der Waals surface area contributed by atoms with Crippen molar-refractivity contribution in [1.29, 1.82) is 5.26 Å². The maximum atomic E-state index is 12.5. The van der Waals surface area contributed by atoms with Crippen molar-refractivity contribution in [3.8, 4) is 17.7 Å². The minimum atomic E-state index is -0.0490. The van der Waals surface area contributed by atoms with Gasteiger partial charge in [0.25, 0.3) is 11.8 Å². The molecule has 0 saturated carbocycles. The van der Waals surface area contributed by atoms with Gasteiger partial charge >= 0.3 is 0 Å². The number of aromatic nitrogens is 2. The standard InChI is InChI=1S/C18H15N5O3/c19-11-14-18(26-16(21-14)15-4-2-10-25-15)23-8-6-22(7-9-23)17(24)13-3-1-5-20-12-13/h1-5,10,12H,6-9H2. The minimum Gasteiger partial charge on any atom is -0.459 e. The van der Waals surface area contributed by atoms with Crippen LogP contribution in [0.1, 0.15) is 16.1 Å². The minimum absolute atomic E-state index is 0.0490. The van der Waals surface area contributed by atoms with Crippen LogP contribution in [0.4, 0.5) is 5.88 Å². The van der Waals surface area contributed by atoms with Gasteiger partial charge < -0.3 is 18.6 Å². The Labute approximate surface area is 149 Å². The lowest BCUT2D eigenvalue weighted by Crippen LogP contribution is -2.48. The van der Waals surface area contributed by atoms with E-state index in [1.807, 2.05) is 4.90 Å². The van der Waals surface area contributed by atoms with E-state index in [4.69, 9.17) is 8.83 Å². The molecule has 0 unspecified atom stereocenters. The second kappa shape index (κ2) is 6.72. The number of carbonyl (C=O) groups excluding carboxylic acids is 1. The summed E-state index contributed by atoms with van der Waals surface area (Å²) in [7, 11) is 0. The molecule has 1 aliphatic rings. The highest BCUT2D eigenvalue weighted by Gasteiger charge is 2.27. The molecule has 1 saturated heterocycles. The monoisotopic (exact) mass is 349 g/mol. The number of oxazole rings is 1. The first-order valence-corrected chi connectivity index (χ1v) is 8.15. The van der Waals surface area contributed by atoms with E-state index in [2.05, 4.69) is 16.0 Å². The van der Waals surface area contributed by atoms with Crippen LogP contribution < -0.4 is 4.90 Å². The molecule has 4 rings (SSSR count). The number of pyridine rings is 1. The van der Waals surface area contributed by atoms with E-state index in [-0.39, 0.29) is 17.5 Å². The van der Waals surface area contributed by atoms with Crippen LogP contribution in [0.25, 0.3) is 11.7 Å². The van der Waals surface area contributed by atoms with Gasteiger partial charge in [-0.2, -0.15) is 10.2 Å². The van der Waals surface area contributed by atoms with E-state index in [9.17, 15) is 10.1 Å². The lowest BCUT2D eigenvalue weighted by molar-refractivity contribution is 0.0745. The van der Waals surface area contributed by atoms with E-state index in [0.717, 1.165) is 0 Å². The van der Waals surface area contributed by atoms with E-state index >= 15 is 0 Å². The van der Waals surface area contributed by atoms with Gasteiger partial charge in [-0.1, -0.05) is 0 Å². The summed E-state index contributed by atoms with van der Waals surface area (Å²) < 4.78 is 11.0. The molecule has 130 valence electrons. The molecule has 0 aliphatic carbocycles. The second-order valence-electron chi connectivity index (χ2n) is 5.78. The molecule has 0 radical (unpaired) electrons. The van der Waals surface area contributed by atoms with Crippen molar-refractivity contribution in [2.75, 3.05) is 31.1 Å². The first-order chi connectivity index (χ1) is 12.8. The summed E-state index contributed by atoms with van der Waals surface area (Å²) in [6.07, 6.45) is 4.72. The van der Waals surface area contributed by atoms with E-state index in [0.29, 0.717) is 43.4 Å². The Bertz CT molecular complexity index is 935. The molecule has 1 fully saturated rings. The van der Waals surface area contributed by atoms with Crippen molar-refractivity contribution >= 4 is 11.8 Å². The number of anilines is 1. The van der Waals surface area contributed by atoms with Crippen LogP contribution in [0.5, 0.6) is 0 Å². The molecule has 1 aliphatic heterocycles. The number of hydrogen-bond donors (Lipinski definition) is 0. The zero-order valence-electron chi connectivity index (χ0n) is 13.8. The Morgan fingerprint density at radius 2 is 2.04 bits per heavy atom. The van der Waals surface area contributed by atoms with Gasteiger partial charge in [-0.05, 0) is 24.3 Å². The average Bonchev–Trinajstić information content (AvgIpc) is 3.37. The Kier molecular flexibility index (Phi) is 4.11. The molecule has 0 spiro atoms. The lowest BCUT2D eigenvalue weighted by Gasteiger charge is -2.34. The summed E-state index contributed by atoms with van der Waals surface area (Å²) in [6.45, 7) is 2.14. The highest BCUT2D eigenvalue weighted by molar-refractivity contribution is 5.94. The van der Waals surface area contributed by atoms with Crippen LogP contribution in [0.3, 0.4) is 0 Å². The SMILES string of the molecule is N#Cc1nc(-c2ccco2)oc1N1CCN(C(=O)c2cccnc2)CC1. The predicted octanol–water partition coefficient (Wildman–Crippen LogP) is 2.16. The van der Waals surface area contributed by atoms with Crippen LogP contribution in [-0.4, -0.2) is 47.0 Å². The predicted molar refractivity (Wildman–Crippen MR) is 91.3 cm³/mol. The van der Waals surface area contributed by atoms with Gasteiger partial charge in [0, 0.05) is 38.6 Å². The van der Waals surface area contributed by atoms with Crippen LogP contribution in [-0.2, 0) is 0 Å². The average molecular weight is 349 g/mol. The van der Waals surface area contributed by atoms with Gasteiger partial charge in [0.05, 0.1) is 11.8 Å². The van der Waals surface area contributed by atoms with E-state index in [1.54, 1.807) is 41.6 Å². The molecule has 0 atom stereocenters. The molecule has 8 heteroatoms. The van der Waals surface area contributed by atoms with Crippen molar-refractivity contribution in [1.82, 2.24) is 14.9 Å². The molecule has 4 heterocycles. The number of rotatable bonds is 3. The summed E-state index contributed by atoms with van der Waals surface area (Å²) in [5, 5.41) is 9.35. The van der Waals surface area contributed by atoms with Crippen LogP contribution in [0, 0.1) is 11.3 Å². The van der Waals surface area contributed by atoms with Crippen LogP contribution >= 0.6 is 0 Å². The van der Waals surface area contributed by atoms with E-state index in [1.165, 1.54) is 6.26 Å². The summed E-state index contributed by atoms with van der Waals surface area (Å²) in [6, 6.07) is 9.01. The number of piperazine rings is 1. The molecular weight excluding hydrogens is 334 g/mol. The van der Waals surface area contributed by atoms with Gasteiger partial charge in [-0.15, -0.1) is 0 Å². The fourth-order valence-corrected chi connectivity index (χ4v) is 2.89. The topological polar surface area (TPSA) is 99.4 Å². The number of hydrogen-bond acceptors (Lipinski definition) is 7. The Morgan fingerprint density at radius 1 is 1.19 bits per heavy atom. The molecule has 0 N–H and O–H groups in total. The molecule has 0 aromatic carbocycles. The van der Waals surface area contributed by atoms with E-state index < -0.39 is 0 Å². The third-order valence-corrected chi connectivity index (χ3v) is 4.21. The molecule has 26 heavy (non-hydrogen) atoms. The smallest absolute Gasteiger partial charge is 0.266 e. The molecule has 0 bridgehead atoms. The zero-order valence-corrected chi connectivity index (χ0v) is 13.8. The maximum absolute atomic E-state index is 12.5. The summed E-state index contributed by atoms with van der Waals surface area (Å²) in [4.78, 5) is 24.4. The van der Waals surface area contributed by atoms with Gasteiger partial charge in [0.2, 0.25) is 11.6 Å². The van der Waals surface area contributed by atoms with Gasteiger partial charge in [0.1, 0.15) is 6.07 Å². The molecule has 1 amide bonds. The number of nitrogens with zero attached hydrogens (tertiary/aromatic N) is 5. The van der Waals surface area contributed by atoms with Crippen molar-refractivity contribution in [2.24, 2.45) is 0 Å². The van der Waals surface area contributed by atoms with Gasteiger partial charge in [-0.3, -0.25) is 9.78 Å². The maximum Gasteiger partial charge on any atom is 0.266 e. The first kappa shape index (κ1) is 15.9. The van der Waals surface area contributed by atoms with Crippen LogP contribution in [0.15, 0.2) is 51.8 Å². The number of furan rings is 1. The summed E-state index contributed by atoms with van der Waals surface area (Å²) >= 11 is 0. The Balaban J connectivity index is 1.48. The van der Waals surface area contributed by atoms with Gasteiger partial charge in [-0.25, -0.2) is 0 Å². The fourth-order valence-electron chi connectivity index (χ4n) is 2.89. The Hall–Kier alpha value is -3.60. The van der Waals surface area contributed by atoms with Gasteiger partial charge in [0.15, 0.2) is 5.76 Å². The third-order valence-electron chi connectivity index (χ3n) is 4.21. The third kappa shape index (κ3) is 2.91. The highest BCUT2D eigenvalue weighted by Crippen LogP contribution is 2.29. The number of nitriles is 1. The van der Waals surface area contributed by atoms with Crippen molar-refractivity contribution < 1.29 is 13.6 Å². The lowest BCUT2D eigenvalue weighted by atomic mass is 10.2. The summed E-state index contributed by atoms with van der Waals surface area (Å²) in [5.74, 6) is 1.10. The van der Waals surface area contributed by atoms with Crippen LogP contribution in [0.2, 0.25) is 0 Å². The van der Waals surface area contributed by atoms with Crippen molar-refractivity contribution in [3.05, 3.63) is 54.2 Å². The van der Waals surface area contributed by atoms with Crippen molar-refractivity contribution in [2.45, 2.75) is 0 Å². The molecule has 3 aromatic heterocycles. The second-order valence-corrected chi connectivity index (χ2v) is 5.78. The van der Waals surface area contributed by atoms with Crippen molar-refractivity contribution in [3.63, 3.8) is 0 Å². The molecular formula is C18H15N5O3. The largest absolute Gasteiger partial charge is 0.459 e. The highest BCUT2D eigenvalue weighted by atomic mass is 16.4. The molecule has 3 aromatic rings. The Morgan fingerprint density at radius 3 is 2.69 bits per heavy atom. The fraction of sp³-hybridized carbons (Fsp3) is 0.222.